The van der Waals surface area contributed by atoms with Crippen LogP contribution in [0.2, 0.25) is 0 Å². The number of para-hydroxylation sites is 1. The third-order valence-electron chi connectivity index (χ3n) is 5.20. The number of sulfonamides is 1. The van der Waals surface area contributed by atoms with Crippen LogP contribution in [0, 0.1) is 13.8 Å². The molecule has 3 heterocycles. The second-order valence-electron chi connectivity index (χ2n) is 7.16. The standard InChI is InChI=1S/C19H24N4O2S/c1-14-12-15(2)21-19(20-14)22-10-5-7-17(13-22)26(24,25)23-11-9-16-6-3-4-8-18(16)23/h3-4,6,8,12,17H,5,7,9-11,13H2,1-2H3. The summed E-state index contributed by atoms with van der Waals surface area (Å²) >= 11 is 0. The minimum atomic E-state index is -3.40. The van der Waals surface area contributed by atoms with E-state index in [9.17, 15) is 8.42 Å². The lowest BCUT2D eigenvalue weighted by Crippen LogP contribution is -2.48. The maximum atomic E-state index is 13.3. The molecule has 26 heavy (non-hydrogen) atoms. The van der Waals surface area contributed by atoms with Crippen LogP contribution in [-0.4, -0.2) is 43.3 Å². The van der Waals surface area contributed by atoms with E-state index in [-0.39, 0.29) is 0 Å². The van der Waals surface area contributed by atoms with E-state index in [1.165, 1.54) is 0 Å². The number of aryl methyl sites for hydroxylation is 2. The fourth-order valence-corrected chi connectivity index (χ4v) is 5.95. The third-order valence-corrected chi connectivity index (χ3v) is 7.43. The van der Waals surface area contributed by atoms with Gasteiger partial charge in [0.25, 0.3) is 0 Å². The molecular weight excluding hydrogens is 348 g/mol. The Kier molecular flexibility index (Phi) is 4.34. The number of rotatable bonds is 3. The number of aromatic nitrogens is 2. The largest absolute Gasteiger partial charge is 0.339 e. The van der Waals surface area contributed by atoms with Crippen molar-refractivity contribution in [2.24, 2.45) is 0 Å². The van der Waals surface area contributed by atoms with Crippen molar-refractivity contribution in [3.8, 4) is 0 Å². The Balaban J connectivity index is 1.59. The van der Waals surface area contributed by atoms with Gasteiger partial charge in [0.15, 0.2) is 0 Å². The van der Waals surface area contributed by atoms with E-state index in [2.05, 4.69) is 9.97 Å². The molecule has 2 aliphatic heterocycles. The summed E-state index contributed by atoms with van der Waals surface area (Å²) in [6, 6.07) is 9.73. The predicted octanol–water partition coefficient (Wildman–Crippen LogP) is 2.45. The number of piperidine rings is 1. The Morgan fingerprint density at radius 3 is 2.58 bits per heavy atom. The Hall–Kier alpha value is -2.15. The highest BCUT2D eigenvalue weighted by Crippen LogP contribution is 2.33. The maximum Gasteiger partial charge on any atom is 0.239 e. The van der Waals surface area contributed by atoms with Gasteiger partial charge in [-0.2, -0.15) is 0 Å². The molecule has 1 fully saturated rings. The van der Waals surface area contributed by atoms with Gasteiger partial charge in [-0.15, -0.1) is 0 Å². The quantitative estimate of drug-likeness (QED) is 0.828. The molecule has 0 aliphatic carbocycles. The van der Waals surface area contributed by atoms with Crippen LogP contribution in [0.1, 0.15) is 29.8 Å². The first-order chi connectivity index (χ1) is 12.4. The predicted molar refractivity (Wildman–Crippen MR) is 103 cm³/mol. The van der Waals surface area contributed by atoms with Gasteiger partial charge in [-0.3, -0.25) is 4.31 Å². The molecule has 1 unspecified atom stereocenters. The molecule has 1 saturated heterocycles. The summed E-state index contributed by atoms with van der Waals surface area (Å²) in [5.41, 5.74) is 3.77. The molecule has 6 nitrogen and oxygen atoms in total. The fraction of sp³-hybridized carbons (Fsp3) is 0.474. The van der Waals surface area contributed by atoms with Crippen molar-refractivity contribution in [1.82, 2.24) is 9.97 Å². The van der Waals surface area contributed by atoms with Gasteiger partial charge in [0, 0.05) is 31.0 Å². The van der Waals surface area contributed by atoms with Crippen molar-refractivity contribution in [3.05, 3.63) is 47.3 Å². The lowest BCUT2D eigenvalue weighted by molar-refractivity contribution is 0.524. The van der Waals surface area contributed by atoms with Gasteiger partial charge in [0.2, 0.25) is 16.0 Å². The zero-order valence-corrected chi connectivity index (χ0v) is 16.0. The van der Waals surface area contributed by atoms with E-state index in [1.807, 2.05) is 49.1 Å². The smallest absolute Gasteiger partial charge is 0.239 e. The molecule has 138 valence electrons. The van der Waals surface area contributed by atoms with Gasteiger partial charge in [-0.25, -0.2) is 18.4 Å². The number of hydrogen-bond acceptors (Lipinski definition) is 5. The van der Waals surface area contributed by atoms with Crippen molar-refractivity contribution < 1.29 is 8.42 Å². The van der Waals surface area contributed by atoms with E-state index in [0.29, 0.717) is 25.5 Å². The number of anilines is 2. The van der Waals surface area contributed by atoms with Crippen LogP contribution in [0.25, 0.3) is 0 Å². The third kappa shape index (κ3) is 3.05. The Labute approximate surface area is 154 Å². The fourth-order valence-electron chi connectivity index (χ4n) is 3.96. The molecule has 0 radical (unpaired) electrons. The zero-order chi connectivity index (χ0) is 18.3. The number of benzene rings is 1. The molecule has 1 atom stereocenters. The summed E-state index contributed by atoms with van der Waals surface area (Å²) in [5.74, 6) is 0.643. The number of fused-ring (bicyclic) bond motifs is 1. The molecule has 1 aromatic carbocycles. The minimum Gasteiger partial charge on any atom is -0.339 e. The van der Waals surface area contributed by atoms with Crippen molar-refractivity contribution in [3.63, 3.8) is 0 Å². The highest BCUT2D eigenvalue weighted by Gasteiger charge is 2.38. The first-order valence-electron chi connectivity index (χ1n) is 9.12. The molecule has 0 saturated carbocycles. The lowest BCUT2D eigenvalue weighted by atomic mass is 10.1. The van der Waals surface area contributed by atoms with E-state index >= 15 is 0 Å². The van der Waals surface area contributed by atoms with E-state index < -0.39 is 15.3 Å². The highest BCUT2D eigenvalue weighted by molar-refractivity contribution is 7.93. The monoisotopic (exact) mass is 372 g/mol. The molecule has 7 heteroatoms. The molecule has 1 aromatic heterocycles. The van der Waals surface area contributed by atoms with Crippen LogP contribution < -0.4 is 9.21 Å². The Bertz CT molecular complexity index is 909. The summed E-state index contributed by atoms with van der Waals surface area (Å²) in [6.07, 6.45) is 2.30. The van der Waals surface area contributed by atoms with Crippen LogP contribution in [0.15, 0.2) is 30.3 Å². The van der Waals surface area contributed by atoms with Crippen molar-refractivity contribution in [2.75, 3.05) is 28.8 Å². The molecule has 0 N–H and O–H groups in total. The Morgan fingerprint density at radius 1 is 1.08 bits per heavy atom. The summed E-state index contributed by atoms with van der Waals surface area (Å²) in [4.78, 5) is 11.0. The average molecular weight is 372 g/mol. The van der Waals surface area contributed by atoms with E-state index in [1.54, 1.807) is 4.31 Å². The zero-order valence-electron chi connectivity index (χ0n) is 15.2. The molecule has 4 rings (SSSR count). The molecule has 0 amide bonds. The lowest BCUT2D eigenvalue weighted by Gasteiger charge is -2.35. The van der Waals surface area contributed by atoms with Crippen molar-refractivity contribution >= 4 is 21.7 Å². The van der Waals surface area contributed by atoms with Gasteiger partial charge >= 0.3 is 0 Å². The Morgan fingerprint density at radius 2 is 1.81 bits per heavy atom. The normalized spacial score (nSPS) is 20.3. The van der Waals surface area contributed by atoms with Crippen LogP contribution >= 0.6 is 0 Å². The maximum absolute atomic E-state index is 13.3. The average Bonchev–Trinajstić information content (AvgIpc) is 3.06. The van der Waals surface area contributed by atoms with Crippen LogP contribution in [0.5, 0.6) is 0 Å². The molecular formula is C19H24N4O2S. The van der Waals surface area contributed by atoms with Crippen molar-refractivity contribution in [2.45, 2.75) is 38.4 Å². The van der Waals surface area contributed by atoms with Crippen molar-refractivity contribution in [1.29, 1.82) is 0 Å². The highest BCUT2D eigenvalue weighted by atomic mass is 32.2. The molecule has 0 spiro atoms. The number of nitrogens with zero attached hydrogens (tertiary/aromatic N) is 4. The van der Waals surface area contributed by atoms with Gasteiger partial charge in [-0.05, 0) is 50.8 Å². The van der Waals surface area contributed by atoms with Crippen LogP contribution in [0.3, 0.4) is 0 Å². The van der Waals surface area contributed by atoms with Crippen LogP contribution in [-0.2, 0) is 16.4 Å². The molecule has 2 aromatic rings. The second kappa shape index (κ2) is 6.54. The summed E-state index contributed by atoms with van der Waals surface area (Å²) < 4.78 is 28.2. The number of hydrogen-bond donors (Lipinski definition) is 0. The van der Waals surface area contributed by atoms with Gasteiger partial charge in [0.05, 0.1) is 10.9 Å². The van der Waals surface area contributed by atoms with E-state index in [4.69, 9.17) is 0 Å². The van der Waals surface area contributed by atoms with Gasteiger partial charge < -0.3 is 4.90 Å². The minimum absolute atomic E-state index is 0.424. The second-order valence-corrected chi connectivity index (χ2v) is 9.29. The summed E-state index contributed by atoms with van der Waals surface area (Å²) in [5, 5.41) is -0.424. The summed E-state index contributed by atoms with van der Waals surface area (Å²) in [6.45, 7) is 5.67. The van der Waals surface area contributed by atoms with Gasteiger partial charge in [-0.1, -0.05) is 18.2 Å². The van der Waals surface area contributed by atoms with Crippen LogP contribution in [0.4, 0.5) is 11.6 Å². The van der Waals surface area contributed by atoms with Gasteiger partial charge in [0.1, 0.15) is 0 Å². The summed E-state index contributed by atoms with van der Waals surface area (Å²) in [7, 11) is -3.40. The molecule has 0 bridgehead atoms. The van der Waals surface area contributed by atoms with E-state index in [0.717, 1.165) is 42.0 Å². The topological polar surface area (TPSA) is 66.4 Å². The molecule has 2 aliphatic rings. The SMILES string of the molecule is Cc1cc(C)nc(N2CCCC(S(=O)(=O)N3CCc4ccccc43)C2)n1. The first-order valence-corrected chi connectivity index (χ1v) is 10.6. The first kappa shape index (κ1) is 17.3.